The minimum Gasteiger partial charge on any atom is -0.497 e. The monoisotopic (exact) mass is 368 g/mol. The summed E-state index contributed by atoms with van der Waals surface area (Å²) in [6, 6.07) is 14.8. The Labute approximate surface area is 158 Å². The lowest BCUT2D eigenvalue weighted by Crippen LogP contribution is -2.44. The number of ether oxygens (including phenoxy) is 1. The van der Waals surface area contributed by atoms with E-state index >= 15 is 0 Å². The van der Waals surface area contributed by atoms with Gasteiger partial charge < -0.3 is 19.5 Å². The number of aromatic nitrogens is 2. The zero-order valence-corrected chi connectivity index (χ0v) is 16.1. The van der Waals surface area contributed by atoms with Gasteiger partial charge in [-0.1, -0.05) is 23.9 Å². The zero-order valence-electron chi connectivity index (χ0n) is 15.2. The second-order valence-electron chi connectivity index (χ2n) is 6.67. The van der Waals surface area contributed by atoms with Crippen molar-refractivity contribution in [3.8, 4) is 5.75 Å². The number of H-pyrrole nitrogens is 1. The minimum absolute atomic E-state index is 0.845. The van der Waals surface area contributed by atoms with E-state index in [2.05, 4.69) is 51.1 Å². The van der Waals surface area contributed by atoms with Crippen LogP contribution in [0.2, 0.25) is 0 Å². The van der Waals surface area contributed by atoms with Gasteiger partial charge in [-0.2, -0.15) is 0 Å². The van der Waals surface area contributed by atoms with Crippen molar-refractivity contribution in [3.05, 3.63) is 48.0 Å². The molecule has 2 heterocycles. The average molecular weight is 369 g/mol. The highest BCUT2D eigenvalue weighted by molar-refractivity contribution is 7.98. The maximum atomic E-state index is 5.27. The van der Waals surface area contributed by atoms with E-state index in [-0.39, 0.29) is 0 Å². The molecular weight excluding hydrogens is 344 g/mol. The summed E-state index contributed by atoms with van der Waals surface area (Å²) >= 11 is 1.73. The molecule has 0 aliphatic carbocycles. The minimum atomic E-state index is 0.845. The zero-order chi connectivity index (χ0) is 17.9. The van der Waals surface area contributed by atoms with Gasteiger partial charge in [0.15, 0.2) is 5.16 Å². The summed E-state index contributed by atoms with van der Waals surface area (Å²) in [5.41, 5.74) is 4.62. The van der Waals surface area contributed by atoms with Crippen LogP contribution in [0.5, 0.6) is 5.75 Å². The summed E-state index contributed by atoms with van der Waals surface area (Å²) in [5, 5.41) is 0.941. The Morgan fingerprint density at radius 2 is 1.85 bits per heavy atom. The van der Waals surface area contributed by atoms with Gasteiger partial charge in [0.1, 0.15) is 5.75 Å². The van der Waals surface area contributed by atoms with Crippen LogP contribution in [0.1, 0.15) is 5.56 Å². The van der Waals surface area contributed by atoms with Gasteiger partial charge in [-0.05, 0) is 36.9 Å². The number of nitrogens with zero attached hydrogens (tertiary/aromatic N) is 3. The number of benzene rings is 2. The number of piperazine rings is 1. The van der Waals surface area contributed by atoms with Crippen LogP contribution in [0.15, 0.2) is 47.6 Å². The normalized spacial score (nSPS) is 15.5. The van der Waals surface area contributed by atoms with Crippen LogP contribution in [0.4, 0.5) is 5.69 Å². The highest BCUT2D eigenvalue weighted by Gasteiger charge is 2.14. The molecule has 1 aromatic heterocycles. The SMILES string of the molecule is COc1ccc2nc(SCc3ccc(N4CCN(C)CC4)cc3)[nH]c2c1. The second-order valence-corrected chi connectivity index (χ2v) is 7.63. The first-order valence-electron chi connectivity index (χ1n) is 8.90. The van der Waals surface area contributed by atoms with E-state index in [4.69, 9.17) is 4.74 Å². The third-order valence-corrected chi connectivity index (χ3v) is 5.79. The van der Waals surface area contributed by atoms with Gasteiger partial charge in [0, 0.05) is 43.7 Å². The highest BCUT2D eigenvalue weighted by Crippen LogP contribution is 2.26. The Balaban J connectivity index is 1.38. The fourth-order valence-corrected chi connectivity index (χ4v) is 4.02. The Kier molecular flexibility index (Phi) is 5.04. The van der Waals surface area contributed by atoms with Gasteiger partial charge in [0.25, 0.3) is 0 Å². The topological polar surface area (TPSA) is 44.4 Å². The standard InChI is InChI=1S/C20H24N4OS/c1-23-9-11-24(12-10-23)16-5-3-15(4-6-16)14-26-20-21-18-8-7-17(25-2)13-19(18)22-20/h3-8,13H,9-12,14H2,1-2H3,(H,21,22). The Morgan fingerprint density at radius 1 is 1.08 bits per heavy atom. The summed E-state index contributed by atoms with van der Waals surface area (Å²) in [7, 11) is 3.87. The molecule has 1 aliphatic rings. The fraction of sp³-hybridized carbons (Fsp3) is 0.350. The average Bonchev–Trinajstić information content (AvgIpc) is 3.09. The van der Waals surface area contributed by atoms with Crippen molar-refractivity contribution in [2.45, 2.75) is 10.9 Å². The molecule has 26 heavy (non-hydrogen) atoms. The van der Waals surface area contributed by atoms with E-state index in [1.54, 1.807) is 18.9 Å². The quantitative estimate of drug-likeness (QED) is 0.697. The molecule has 4 rings (SSSR count). The van der Waals surface area contributed by atoms with Gasteiger partial charge in [-0.3, -0.25) is 0 Å². The number of imidazole rings is 1. The van der Waals surface area contributed by atoms with E-state index in [0.717, 1.165) is 53.9 Å². The predicted molar refractivity (Wildman–Crippen MR) is 108 cm³/mol. The Hall–Kier alpha value is -2.18. The Bertz CT molecular complexity index is 869. The molecule has 0 radical (unpaired) electrons. The summed E-state index contributed by atoms with van der Waals surface area (Å²) < 4.78 is 5.27. The van der Waals surface area contributed by atoms with Gasteiger partial charge in [0.2, 0.25) is 0 Å². The molecule has 3 aromatic rings. The summed E-state index contributed by atoms with van der Waals surface area (Å²) in [6.45, 7) is 4.48. The molecular formula is C20H24N4OS. The van der Waals surface area contributed by atoms with Crippen molar-refractivity contribution in [1.82, 2.24) is 14.9 Å². The molecule has 0 unspecified atom stereocenters. The van der Waals surface area contributed by atoms with Crippen molar-refractivity contribution in [1.29, 1.82) is 0 Å². The van der Waals surface area contributed by atoms with Crippen LogP contribution < -0.4 is 9.64 Å². The van der Waals surface area contributed by atoms with Gasteiger partial charge >= 0.3 is 0 Å². The number of rotatable bonds is 5. The maximum Gasteiger partial charge on any atom is 0.166 e. The van der Waals surface area contributed by atoms with Crippen molar-refractivity contribution < 1.29 is 4.74 Å². The highest BCUT2D eigenvalue weighted by atomic mass is 32.2. The molecule has 1 fully saturated rings. The van der Waals surface area contributed by atoms with Crippen LogP contribution >= 0.6 is 11.8 Å². The maximum absolute atomic E-state index is 5.27. The lowest BCUT2D eigenvalue weighted by atomic mass is 10.2. The lowest BCUT2D eigenvalue weighted by Gasteiger charge is -2.34. The van der Waals surface area contributed by atoms with Crippen molar-refractivity contribution in [2.75, 3.05) is 45.2 Å². The van der Waals surface area contributed by atoms with E-state index in [1.165, 1.54) is 11.3 Å². The number of likely N-dealkylation sites (N-methyl/N-ethyl adjacent to an activating group) is 1. The molecule has 0 bridgehead atoms. The first kappa shape index (κ1) is 17.2. The van der Waals surface area contributed by atoms with Crippen LogP contribution in [0.3, 0.4) is 0 Å². The molecule has 5 nitrogen and oxygen atoms in total. The number of nitrogens with one attached hydrogen (secondary N) is 1. The van der Waals surface area contributed by atoms with E-state index < -0.39 is 0 Å². The molecule has 0 saturated carbocycles. The first-order chi connectivity index (χ1) is 12.7. The van der Waals surface area contributed by atoms with E-state index in [0.29, 0.717) is 0 Å². The predicted octanol–water partition coefficient (Wildman–Crippen LogP) is 3.62. The number of hydrogen-bond donors (Lipinski definition) is 1. The molecule has 2 aromatic carbocycles. The first-order valence-corrected chi connectivity index (χ1v) is 9.89. The van der Waals surface area contributed by atoms with E-state index in [1.807, 2.05) is 18.2 Å². The van der Waals surface area contributed by atoms with Crippen molar-refractivity contribution in [2.24, 2.45) is 0 Å². The van der Waals surface area contributed by atoms with Crippen LogP contribution in [-0.4, -0.2) is 55.2 Å². The fourth-order valence-electron chi connectivity index (χ4n) is 3.18. The van der Waals surface area contributed by atoms with Crippen molar-refractivity contribution in [3.63, 3.8) is 0 Å². The number of thioether (sulfide) groups is 1. The largest absolute Gasteiger partial charge is 0.497 e. The molecule has 1 aliphatic heterocycles. The Morgan fingerprint density at radius 3 is 2.58 bits per heavy atom. The van der Waals surface area contributed by atoms with Gasteiger partial charge in [-0.15, -0.1) is 0 Å². The number of methoxy groups -OCH3 is 1. The smallest absolute Gasteiger partial charge is 0.166 e. The summed E-state index contributed by atoms with van der Waals surface area (Å²) in [5.74, 6) is 1.75. The molecule has 6 heteroatoms. The van der Waals surface area contributed by atoms with Crippen molar-refractivity contribution >= 4 is 28.5 Å². The number of fused-ring (bicyclic) bond motifs is 1. The van der Waals surface area contributed by atoms with Gasteiger partial charge in [-0.25, -0.2) is 4.98 Å². The summed E-state index contributed by atoms with van der Waals surface area (Å²) in [6.07, 6.45) is 0. The number of aromatic amines is 1. The molecule has 136 valence electrons. The van der Waals surface area contributed by atoms with E-state index in [9.17, 15) is 0 Å². The number of hydrogen-bond acceptors (Lipinski definition) is 5. The van der Waals surface area contributed by atoms with Crippen LogP contribution in [0, 0.1) is 0 Å². The third-order valence-electron chi connectivity index (χ3n) is 4.85. The summed E-state index contributed by atoms with van der Waals surface area (Å²) in [4.78, 5) is 12.8. The molecule has 1 saturated heterocycles. The lowest BCUT2D eigenvalue weighted by molar-refractivity contribution is 0.313. The molecule has 0 atom stereocenters. The third kappa shape index (κ3) is 3.81. The number of anilines is 1. The molecule has 0 spiro atoms. The van der Waals surface area contributed by atoms with Crippen LogP contribution in [0.25, 0.3) is 11.0 Å². The molecule has 0 amide bonds. The van der Waals surface area contributed by atoms with Crippen LogP contribution in [-0.2, 0) is 5.75 Å². The second kappa shape index (κ2) is 7.60. The molecule has 1 N–H and O–H groups in total. The van der Waals surface area contributed by atoms with Gasteiger partial charge in [0.05, 0.1) is 18.1 Å².